The highest BCUT2D eigenvalue weighted by molar-refractivity contribution is 5.93. The van der Waals surface area contributed by atoms with Gasteiger partial charge in [-0.15, -0.1) is 0 Å². The van der Waals surface area contributed by atoms with Crippen molar-refractivity contribution in [1.29, 1.82) is 0 Å². The molecule has 1 amide bonds. The van der Waals surface area contributed by atoms with Crippen LogP contribution >= 0.6 is 0 Å². The van der Waals surface area contributed by atoms with Gasteiger partial charge in [-0.25, -0.2) is 0 Å². The molecule has 0 aromatic carbocycles. The van der Waals surface area contributed by atoms with Crippen LogP contribution in [0.5, 0.6) is 0 Å². The number of aryl methyl sites for hydroxylation is 1. The predicted octanol–water partition coefficient (Wildman–Crippen LogP) is -0.649. The fourth-order valence-electron chi connectivity index (χ4n) is 1.39. The normalized spacial score (nSPS) is 10.3. The third-order valence-electron chi connectivity index (χ3n) is 2.42. The molecule has 100 valence electrons. The number of nitrogens with zero attached hydrogens (tertiary/aromatic N) is 1. The summed E-state index contributed by atoms with van der Waals surface area (Å²) in [5, 5.41) is 5.88. The highest BCUT2D eigenvalue weighted by Gasteiger charge is 2.05. The van der Waals surface area contributed by atoms with Crippen LogP contribution in [-0.2, 0) is 11.8 Å². The van der Waals surface area contributed by atoms with Crippen molar-refractivity contribution < 1.29 is 9.53 Å². The molecule has 0 saturated carbocycles. The van der Waals surface area contributed by atoms with Gasteiger partial charge in [0.25, 0.3) is 5.91 Å². The minimum Gasteiger partial charge on any atom is -0.383 e. The minimum absolute atomic E-state index is 0.132. The van der Waals surface area contributed by atoms with Crippen molar-refractivity contribution in [2.45, 2.75) is 0 Å². The molecule has 2 N–H and O–H groups in total. The molecule has 0 fully saturated rings. The molecular formula is C12H19N3O3. The van der Waals surface area contributed by atoms with Crippen LogP contribution in [0.4, 0.5) is 0 Å². The zero-order valence-electron chi connectivity index (χ0n) is 10.7. The lowest BCUT2D eigenvalue weighted by atomic mass is 10.2. The molecule has 18 heavy (non-hydrogen) atoms. The van der Waals surface area contributed by atoms with Crippen LogP contribution in [-0.4, -0.2) is 43.8 Å². The summed E-state index contributed by atoms with van der Waals surface area (Å²) >= 11 is 0. The maximum atomic E-state index is 11.7. The zero-order chi connectivity index (χ0) is 13.4. The molecule has 0 aliphatic heterocycles. The van der Waals surface area contributed by atoms with Crippen LogP contribution in [0, 0.1) is 0 Å². The van der Waals surface area contributed by atoms with Crippen LogP contribution < -0.4 is 16.2 Å². The molecular weight excluding hydrogens is 234 g/mol. The quantitative estimate of drug-likeness (QED) is 0.634. The fraction of sp³-hybridized carbons (Fsp3) is 0.500. The Bertz CT molecular complexity index is 442. The smallest absolute Gasteiger partial charge is 0.252 e. The number of methoxy groups -OCH3 is 1. The summed E-state index contributed by atoms with van der Waals surface area (Å²) in [6.07, 6.45) is 1.52. The Morgan fingerprint density at radius 1 is 1.33 bits per heavy atom. The Hall–Kier alpha value is -1.66. The van der Waals surface area contributed by atoms with Gasteiger partial charge in [0.15, 0.2) is 0 Å². The number of hydrogen-bond donors (Lipinski definition) is 2. The van der Waals surface area contributed by atoms with E-state index in [2.05, 4.69) is 10.6 Å². The van der Waals surface area contributed by atoms with Gasteiger partial charge in [0.2, 0.25) is 5.56 Å². The SMILES string of the molecule is COCCNCCNC(=O)c1ccc(=O)n(C)c1. The molecule has 1 aromatic rings. The van der Waals surface area contributed by atoms with E-state index in [1.807, 2.05) is 0 Å². The lowest BCUT2D eigenvalue weighted by molar-refractivity contribution is 0.0953. The van der Waals surface area contributed by atoms with Crippen LogP contribution in [0.2, 0.25) is 0 Å². The molecule has 0 aliphatic carbocycles. The van der Waals surface area contributed by atoms with Crippen molar-refractivity contribution in [3.63, 3.8) is 0 Å². The molecule has 0 aliphatic rings. The van der Waals surface area contributed by atoms with Crippen molar-refractivity contribution in [1.82, 2.24) is 15.2 Å². The van der Waals surface area contributed by atoms with Crippen molar-refractivity contribution in [3.8, 4) is 0 Å². The lowest BCUT2D eigenvalue weighted by Gasteiger charge is -2.07. The maximum absolute atomic E-state index is 11.7. The van der Waals surface area contributed by atoms with E-state index < -0.39 is 0 Å². The summed E-state index contributed by atoms with van der Waals surface area (Å²) in [6.45, 7) is 2.62. The molecule has 0 atom stereocenters. The third kappa shape index (κ3) is 4.68. The van der Waals surface area contributed by atoms with Gasteiger partial charge in [0, 0.05) is 46.1 Å². The van der Waals surface area contributed by atoms with Gasteiger partial charge in [-0.1, -0.05) is 0 Å². The van der Waals surface area contributed by atoms with Gasteiger partial charge in [-0.2, -0.15) is 0 Å². The van der Waals surface area contributed by atoms with Crippen molar-refractivity contribution in [3.05, 3.63) is 34.2 Å². The zero-order valence-corrected chi connectivity index (χ0v) is 10.7. The lowest BCUT2D eigenvalue weighted by Crippen LogP contribution is -2.33. The third-order valence-corrected chi connectivity index (χ3v) is 2.42. The first-order chi connectivity index (χ1) is 8.65. The van der Waals surface area contributed by atoms with Gasteiger partial charge < -0.3 is 19.9 Å². The van der Waals surface area contributed by atoms with Crippen molar-refractivity contribution >= 4 is 5.91 Å². The van der Waals surface area contributed by atoms with Crippen LogP contribution in [0.3, 0.4) is 0 Å². The van der Waals surface area contributed by atoms with Gasteiger partial charge in [-0.3, -0.25) is 9.59 Å². The summed E-state index contributed by atoms with van der Waals surface area (Å²) in [4.78, 5) is 22.9. The Labute approximate surface area is 106 Å². The monoisotopic (exact) mass is 253 g/mol. The second kappa shape index (κ2) is 7.62. The highest BCUT2D eigenvalue weighted by Crippen LogP contribution is 1.93. The maximum Gasteiger partial charge on any atom is 0.252 e. The first-order valence-electron chi connectivity index (χ1n) is 5.79. The van der Waals surface area contributed by atoms with Crippen molar-refractivity contribution in [2.75, 3.05) is 33.4 Å². The Morgan fingerprint density at radius 3 is 2.78 bits per heavy atom. The Morgan fingerprint density at radius 2 is 2.11 bits per heavy atom. The Kier molecular flexibility index (Phi) is 6.10. The van der Waals surface area contributed by atoms with E-state index in [9.17, 15) is 9.59 Å². The largest absolute Gasteiger partial charge is 0.383 e. The summed E-state index contributed by atoms with van der Waals surface area (Å²) in [5.41, 5.74) is 0.349. The van der Waals surface area contributed by atoms with E-state index in [1.165, 1.54) is 22.9 Å². The number of aromatic nitrogens is 1. The number of pyridine rings is 1. The summed E-state index contributed by atoms with van der Waals surface area (Å²) in [5.74, 6) is -0.181. The van der Waals surface area contributed by atoms with E-state index >= 15 is 0 Å². The first-order valence-corrected chi connectivity index (χ1v) is 5.79. The molecule has 6 nitrogen and oxygen atoms in total. The molecule has 0 bridgehead atoms. The van der Waals surface area contributed by atoms with Crippen LogP contribution in [0.25, 0.3) is 0 Å². The highest BCUT2D eigenvalue weighted by atomic mass is 16.5. The van der Waals surface area contributed by atoms with E-state index in [0.29, 0.717) is 25.3 Å². The van der Waals surface area contributed by atoms with Crippen LogP contribution in [0.1, 0.15) is 10.4 Å². The number of nitrogens with one attached hydrogen (secondary N) is 2. The summed E-state index contributed by atoms with van der Waals surface area (Å²) < 4.78 is 6.26. The standard InChI is InChI=1S/C12H19N3O3/c1-15-9-10(3-4-11(15)16)12(17)14-6-5-13-7-8-18-2/h3-4,9,13H,5-8H2,1-2H3,(H,14,17). The molecule has 6 heteroatoms. The number of carbonyl (C=O) groups excluding carboxylic acids is 1. The number of amides is 1. The average molecular weight is 253 g/mol. The molecule has 1 heterocycles. The molecule has 0 saturated heterocycles. The number of carbonyl (C=O) groups is 1. The van der Waals surface area contributed by atoms with Gasteiger partial charge in [-0.05, 0) is 6.07 Å². The second-order valence-electron chi connectivity index (χ2n) is 3.87. The number of ether oxygens (including phenoxy) is 1. The topological polar surface area (TPSA) is 72.4 Å². The molecule has 0 spiro atoms. The number of rotatable bonds is 7. The van der Waals surface area contributed by atoms with Gasteiger partial charge >= 0.3 is 0 Å². The van der Waals surface area contributed by atoms with Gasteiger partial charge in [0.1, 0.15) is 0 Å². The molecule has 0 unspecified atom stereocenters. The van der Waals surface area contributed by atoms with E-state index in [0.717, 1.165) is 6.54 Å². The molecule has 0 radical (unpaired) electrons. The summed E-state index contributed by atoms with van der Waals surface area (Å²) in [6, 6.07) is 2.90. The second-order valence-corrected chi connectivity index (χ2v) is 3.87. The van der Waals surface area contributed by atoms with E-state index in [-0.39, 0.29) is 11.5 Å². The summed E-state index contributed by atoms with van der Waals surface area (Å²) in [7, 11) is 3.26. The van der Waals surface area contributed by atoms with Crippen molar-refractivity contribution in [2.24, 2.45) is 7.05 Å². The number of hydrogen-bond acceptors (Lipinski definition) is 4. The fourth-order valence-corrected chi connectivity index (χ4v) is 1.39. The average Bonchev–Trinajstić information content (AvgIpc) is 2.36. The predicted molar refractivity (Wildman–Crippen MR) is 68.8 cm³/mol. The Balaban J connectivity index is 2.32. The van der Waals surface area contributed by atoms with Gasteiger partial charge in [0.05, 0.1) is 12.2 Å². The van der Waals surface area contributed by atoms with Crippen LogP contribution in [0.15, 0.2) is 23.1 Å². The first kappa shape index (κ1) is 14.4. The van der Waals surface area contributed by atoms with E-state index in [1.54, 1.807) is 14.2 Å². The minimum atomic E-state index is -0.181. The molecule has 1 aromatic heterocycles. The molecule has 1 rings (SSSR count). The van der Waals surface area contributed by atoms with E-state index in [4.69, 9.17) is 4.74 Å².